The van der Waals surface area contributed by atoms with Crippen LogP contribution in [-0.4, -0.2) is 25.2 Å². The summed E-state index contributed by atoms with van der Waals surface area (Å²) in [6.45, 7) is 1.47. The highest BCUT2D eigenvalue weighted by atomic mass is 16.5. The van der Waals surface area contributed by atoms with Crippen molar-refractivity contribution in [3.63, 3.8) is 0 Å². The molecule has 1 aliphatic rings. The quantitative estimate of drug-likeness (QED) is 0.699. The number of ether oxygens (including phenoxy) is 1. The van der Waals surface area contributed by atoms with Crippen LogP contribution in [0, 0.1) is 11.3 Å². The minimum Gasteiger partial charge on any atom is -0.378 e. The topological polar surface area (TPSA) is 62.1 Å². The van der Waals surface area contributed by atoms with Crippen LogP contribution >= 0.6 is 0 Å². The van der Waals surface area contributed by atoms with E-state index in [0.717, 1.165) is 32.3 Å². The van der Waals surface area contributed by atoms with E-state index in [-0.39, 0.29) is 12.0 Å². The van der Waals surface area contributed by atoms with E-state index in [9.17, 15) is 4.79 Å². The van der Waals surface area contributed by atoms with Crippen molar-refractivity contribution in [3.8, 4) is 6.07 Å². The summed E-state index contributed by atoms with van der Waals surface area (Å²) in [6, 6.07) is 2.09. The SMILES string of the molecule is N#CCCCCNC(=O)CC1CCCCO1. The third-order valence-electron chi connectivity index (χ3n) is 2.72. The Kier molecular flexibility index (Phi) is 6.59. The van der Waals surface area contributed by atoms with Crippen molar-refractivity contribution in [3.05, 3.63) is 0 Å². The molecule has 0 aromatic carbocycles. The molecular weight excluding hydrogens is 204 g/mol. The van der Waals surface area contributed by atoms with E-state index >= 15 is 0 Å². The number of rotatable bonds is 6. The Hall–Kier alpha value is -1.08. The second kappa shape index (κ2) is 8.12. The zero-order valence-corrected chi connectivity index (χ0v) is 9.71. The van der Waals surface area contributed by atoms with E-state index in [1.165, 1.54) is 6.42 Å². The molecule has 0 spiro atoms. The molecule has 1 fully saturated rings. The maximum absolute atomic E-state index is 11.5. The van der Waals surface area contributed by atoms with Crippen molar-refractivity contribution in [2.24, 2.45) is 0 Å². The number of carbonyl (C=O) groups is 1. The summed E-state index contributed by atoms with van der Waals surface area (Å²) >= 11 is 0. The standard InChI is InChI=1S/C12H20N2O2/c13-7-3-1-4-8-14-12(15)10-11-6-2-5-9-16-11/h11H,1-6,8-10H2,(H,14,15). The molecule has 0 aromatic heterocycles. The van der Waals surface area contributed by atoms with E-state index in [2.05, 4.69) is 11.4 Å². The molecule has 16 heavy (non-hydrogen) atoms. The normalized spacial score (nSPS) is 20.1. The second-order valence-corrected chi connectivity index (χ2v) is 4.16. The van der Waals surface area contributed by atoms with Crippen molar-refractivity contribution in [1.29, 1.82) is 5.26 Å². The Morgan fingerprint density at radius 3 is 3.00 bits per heavy atom. The molecule has 1 saturated heterocycles. The van der Waals surface area contributed by atoms with Gasteiger partial charge in [-0.15, -0.1) is 0 Å². The molecule has 1 N–H and O–H groups in total. The molecule has 1 atom stereocenters. The molecule has 0 radical (unpaired) electrons. The number of unbranched alkanes of at least 4 members (excludes halogenated alkanes) is 2. The van der Waals surface area contributed by atoms with E-state index in [4.69, 9.17) is 10.00 Å². The smallest absolute Gasteiger partial charge is 0.222 e. The molecule has 0 aromatic rings. The Labute approximate surface area is 97.0 Å². The van der Waals surface area contributed by atoms with Gasteiger partial charge in [0, 0.05) is 19.6 Å². The van der Waals surface area contributed by atoms with Crippen molar-refractivity contribution in [2.75, 3.05) is 13.2 Å². The van der Waals surface area contributed by atoms with Crippen LogP contribution in [0.5, 0.6) is 0 Å². The first-order chi connectivity index (χ1) is 7.83. The molecule has 1 amide bonds. The maximum Gasteiger partial charge on any atom is 0.222 e. The first-order valence-corrected chi connectivity index (χ1v) is 6.08. The number of nitrogens with zero attached hydrogens (tertiary/aromatic N) is 1. The maximum atomic E-state index is 11.5. The van der Waals surface area contributed by atoms with Crippen molar-refractivity contribution < 1.29 is 9.53 Å². The van der Waals surface area contributed by atoms with Gasteiger partial charge in [-0.3, -0.25) is 4.79 Å². The fourth-order valence-corrected chi connectivity index (χ4v) is 1.80. The van der Waals surface area contributed by atoms with E-state index in [1.54, 1.807) is 0 Å². The van der Waals surface area contributed by atoms with Crippen LogP contribution in [-0.2, 0) is 9.53 Å². The van der Waals surface area contributed by atoms with Gasteiger partial charge in [0.05, 0.1) is 18.6 Å². The highest BCUT2D eigenvalue weighted by molar-refractivity contribution is 5.76. The van der Waals surface area contributed by atoms with Crippen LogP contribution in [0.3, 0.4) is 0 Å². The minimum absolute atomic E-state index is 0.0730. The van der Waals surface area contributed by atoms with Gasteiger partial charge in [-0.2, -0.15) is 5.26 Å². The summed E-state index contributed by atoms with van der Waals surface area (Å²) < 4.78 is 5.49. The zero-order chi connectivity index (χ0) is 11.6. The predicted octanol–water partition coefficient (Wildman–Crippen LogP) is 1.76. The molecule has 1 unspecified atom stereocenters. The Bertz CT molecular complexity index is 242. The summed E-state index contributed by atoms with van der Waals surface area (Å²) in [5.74, 6) is 0.0730. The molecule has 90 valence electrons. The Morgan fingerprint density at radius 1 is 1.44 bits per heavy atom. The third kappa shape index (κ3) is 5.72. The van der Waals surface area contributed by atoms with Gasteiger partial charge in [0.2, 0.25) is 5.91 Å². The molecule has 1 rings (SSSR count). The largest absolute Gasteiger partial charge is 0.378 e. The van der Waals surface area contributed by atoms with Crippen molar-refractivity contribution in [2.45, 2.75) is 51.0 Å². The zero-order valence-electron chi connectivity index (χ0n) is 9.71. The lowest BCUT2D eigenvalue weighted by atomic mass is 10.1. The number of amides is 1. The number of nitrogens with one attached hydrogen (secondary N) is 1. The van der Waals surface area contributed by atoms with Crippen LogP contribution in [0.1, 0.15) is 44.9 Å². The summed E-state index contributed by atoms with van der Waals surface area (Å²) in [5, 5.41) is 11.2. The molecule has 4 heteroatoms. The molecule has 0 bridgehead atoms. The van der Waals surface area contributed by atoms with E-state index in [0.29, 0.717) is 19.4 Å². The molecule has 1 heterocycles. The second-order valence-electron chi connectivity index (χ2n) is 4.16. The van der Waals surface area contributed by atoms with Crippen LogP contribution in [0.15, 0.2) is 0 Å². The van der Waals surface area contributed by atoms with Crippen LogP contribution < -0.4 is 5.32 Å². The lowest BCUT2D eigenvalue weighted by Gasteiger charge is -2.21. The lowest BCUT2D eigenvalue weighted by Crippen LogP contribution is -2.30. The van der Waals surface area contributed by atoms with Gasteiger partial charge in [0.25, 0.3) is 0 Å². The Morgan fingerprint density at radius 2 is 2.31 bits per heavy atom. The van der Waals surface area contributed by atoms with Crippen molar-refractivity contribution >= 4 is 5.91 Å². The number of hydrogen-bond acceptors (Lipinski definition) is 3. The lowest BCUT2D eigenvalue weighted by molar-refractivity contribution is -0.124. The van der Waals surface area contributed by atoms with Gasteiger partial charge >= 0.3 is 0 Å². The monoisotopic (exact) mass is 224 g/mol. The Balaban J connectivity index is 1.99. The summed E-state index contributed by atoms with van der Waals surface area (Å²) in [7, 11) is 0. The van der Waals surface area contributed by atoms with Gasteiger partial charge in [-0.1, -0.05) is 0 Å². The van der Waals surface area contributed by atoms with Gasteiger partial charge in [0.1, 0.15) is 0 Å². The highest BCUT2D eigenvalue weighted by Gasteiger charge is 2.16. The molecule has 4 nitrogen and oxygen atoms in total. The molecular formula is C12H20N2O2. The average molecular weight is 224 g/mol. The number of carbonyl (C=O) groups excluding carboxylic acids is 1. The fraction of sp³-hybridized carbons (Fsp3) is 0.833. The van der Waals surface area contributed by atoms with Gasteiger partial charge in [-0.25, -0.2) is 0 Å². The fourth-order valence-electron chi connectivity index (χ4n) is 1.80. The number of hydrogen-bond donors (Lipinski definition) is 1. The molecule has 1 aliphatic heterocycles. The summed E-state index contributed by atoms with van der Waals surface area (Å²) in [4.78, 5) is 11.5. The predicted molar refractivity (Wildman–Crippen MR) is 60.7 cm³/mol. The number of nitriles is 1. The van der Waals surface area contributed by atoms with Gasteiger partial charge in [0.15, 0.2) is 0 Å². The van der Waals surface area contributed by atoms with Crippen LogP contribution in [0.25, 0.3) is 0 Å². The summed E-state index contributed by atoms with van der Waals surface area (Å²) in [5.41, 5.74) is 0. The van der Waals surface area contributed by atoms with Crippen LogP contribution in [0.2, 0.25) is 0 Å². The van der Waals surface area contributed by atoms with Gasteiger partial charge in [-0.05, 0) is 32.1 Å². The van der Waals surface area contributed by atoms with Gasteiger partial charge < -0.3 is 10.1 Å². The highest BCUT2D eigenvalue weighted by Crippen LogP contribution is 2.15. The van der Waals surface area contributed by atoms with Crippen LogP contribution in [0.4, 0.5) is 0 Å². The minimum atomic E-state index is 0.0730. The van der Waals surface area contributed by atoms with E-state index < -0.39 is 0 Å². The van der Waals surface area contributed by atoms with E-state index in [1.807, 2.05) is 0 Å². The average Bonchev–Trinajstić information content (AvgIpc) is 2.30. The third-order valence-corrected chi connectivity index (χ3v) is 2.72. The first-order valence-electron chi connectivity index (χ1n) is 6.08. The molecule has 0 saturated carbocycles. The summed E-state index contributed by atoms with van der Waals surface area (Å²) in [6.07, 6.45) is 6.20. The molecule has 0 aliphatic carbocycles. The van der Waals surface area contributed by atoms with Crippen molar-refractivity contribution in [1.82, 2.24) is 5.32 Å². The first kappa shape index (κ1) is 13.0.